The van der Waals surface area contributed by atoms with Crippen molar-refractivity contribution in [1.29, 1.82) is 0 Å². The highest BCUT2D eigenvalue weighted by atomic mass is 16.5. The number of ketones is 2. The third-order valence-electron chi connectivity index (χ3n) is 2.25. The van der Waals surface area contributed by atoms with Crippen LogP contribution in [0.3, 0.4) is 0 Å². The van der Waals surface area contributed by atoms with Gasteiger partial charge in [-0.2, -0.15) is 0 Å². The summed E-state index contributed by atoms with van der Waals surface area (Å²) in [6, 6.07) is 0. The first-order valence-corrected chi connectivity index (χ1v) is 5.10. The Labute approximate surface area is 95.1 Å². The van der Waals surface area contributed by atoms with Gasteiger partial charge in [0.05, 0.1) is 0 Å². The smallest absolute Gasteiger partial charge is 0.317 e. The van der Waals surface area contributed by atoms with Crippen LogP contribution in [0.5, 0.6) is 0 Å². The molecule has 0 saturated carbocycles. The molecule has 5 nitrogen and oxygen atoms in total. The molecular formula is C11H18O5. The lowest BCUT2D eigenvalue weighted by atomic mass is 10.0. The van der Waals surface area contributed by atoms with E-state index in [1.807, 2.05) is 0 Å². The summed E-state index contributed by atoms with van der Waals surface area (Å²) in [5.74, 6) is -2.03. The van der Waals surface area contributed by atoms with E-state index in [0.29, 0.717) is 6.61 Å². The monoisotopic (exact) mass is 230 g/mol. The lowest BCUT2D eigenvalue weighted by Gasteiger charge is -2.15. The Morgan fingerprint density at radius 2 is 1.69 bits per heavy atom. The van der Waals surface area contributed by atoms with Crippen LogP contribution in [0.25, 0.3) is 0 Å². The molecule has 0 aromatic carbocycles. The predicted molar refractivity (Wildman–Crippen MR) is 56.9 cm³/mol. The topological polar surface area (TPSA) is 69.7 Å². The minimum atomic E-state index is -0.846. The summed E-state index contributed by atoms with van der Waals surface area (Å²) in [7, 11) is 1.49. The first-order chi connectivity index (χ1) is 7.40. The van der Waals surface area contributed by atoms with E-state index in [2.05, 4.69) is 0 Å². The zero-order chi connectivity index (χ0) is 12.7. The Morgan fingerprint density at radius 1 is 1.12 bits per heavy atom. The average molecular weight is 230 g/mol. The van der Waals surface area contributed by atoms with Gasteiger partial charge >= 0.3 is 5.97 Å². The molecule has 0 aromatic rings. The second-order valence-electron chi connectivity index (χ2n) is 3.63. The Kier molecular flexibility index (Phi) is 6.56. The summed E-state index contributed by atoms with van der Waals surface area (Å²) in [6.07, 6.45) is -0.535. The van der Waals surface area contributed by atoms with Crippen molar-refractivity contribution < 1.29 is 23.9 Å². The summed E-state index contributed by atoms with van der Waals surface area (Å²) in [5, 5.41) is 0. The predicted octanol–water partition coefficient (Wildman–Crippen LogP) is 0.749. The zero-order valence-corrected chi connectivity index (χ0v) is 10.1. The third-order valence-corrected chi connectivity index (χ3v) is 2.25. The summed E-state index contributed by atoms with van der Waals surface area (Å²) in [6.45, 7) is 4.43. The molecule has 0 spiro atoms. The fraction of sp³-hybridized carbons (Fsp3) is 0.727. The third kappa shape index (κ3) is 5.02. The summed E-state index contributed by atoms with van der Waals surface area (Å²) in [4.78, 5) is 33.7. The highest BCUT2D eigenvalue weighted by Gasteiger charge is 2.26. The number of carbonyl (C=O) groups excluding carboxylic acids is 3. The quantitative estimate of drug-likeness (QED) is 0.477. The number of carbonyl (C=O) groups is 3. The number of hydrogen-bond donors (Lipinski definition) is 0. The van der Waals surface area contributed by atoms with Crippen molar-refractivity contribution in [2.24, 2.45) is 5.92 Å². The highest BCUT2D eigenvalue weighted by Crippen LogP contribution is 2.09. The molecule has 0 heterocycles. The number of ether oxygens (including phenoxy) is 2. The van der Waals surface area contributed by atoms with Crippen molar-refractivity contribution in [3.8, 4) is 0 Å². The van der Waals surface area contributed by atoms with Gasteiger partial charge in [-0.1, -0.05) is 0 Å². The Hall–Kier alpha value is -1.23. The van der Waals surface area contributed by atoms with Gasteiger partial charge in [0.25, 0.3) is 0 Å². The molecule has 0 N–H and O–H groups in total. The zero-order valence-electron chi connectivity index (χ0n) is 10.1. The van der Waals surface area contributed by atoms with Crippen LogP contribution in [-0.2, 0) is 23.9 Å². The minimum Gasteiger partial charge on any atom is -0.454 e. The fourth-order valence-corrected chi connectivity index (χ4v) is 1.06. The van der Waals surface area contributed by atoms with E-state index >= 15 is 0 Å². The number of esters is 1. The molecule has 0 aliphatic rings. The van der Waals surface area contributed by atoms with E-state index in [-0.39, 0.29) is 18.0 Å². The lowest BCUT2D eigenvalue weighted by molar-refractivity contribution is -0.160. The largest absolute Gasteiger partial charge is 0.454 e. The number of rotatable bonds is 7. The SMILES string of the molecule is COCCC(C(C)=O)C(=O)OC(C)C(C)=O. The van der Waals surface area contributed by atoms with Gasteiger partial charge < -0.3 is 9.47 Å². The molecule has 0 amide bonds. The molecular weight excluding hydrogens is 212 g/mol. The van der Waals surface area contributed by atoms with Gasteiger partial charge in [0.1, 0.15) is 11.7 Å². The summed E-state index contributed by atoms with van der Waals surface area (Å²) in [5.41, 5.74) is 0. The molecule has 0 bridgehead atoms. The van der Waals surface area contributed by atoms with Crippen molar-refractivity contribution in [3.63, 3.8) is 0 Å². The molecule has 92 valence electrons. The van der Waals surface area contributed by atoms with Gasteiger partial charge in [0, 0.05) is 13.7 Å². The molecule has 0 saturated heterocycles. The highest BCUT2D eigenvalue weighted by molar-refractivity contribution is 5.98. The van der Waals surface area contributed by atoms with E-state index in [0.717, 1.165) is 0 Å². The first-order valence-electron chi connectivity index (χ1n) is 5.10. The number of methoxy groups -OCH3 is 1. The molecule has 0 aliphatic heterocycles. The Bertz CT molecular complexity index is 272. The molecule has 2 atom stereocenters. The summed E-state index contributed by atoms with van der Waals surface area (Å²) >= 11 is 0. The van der Waals surface area contributed by atoms with Crippen LogP contribution < -0.4 is 0 Å². The second-order valence-corrected chi connectivity index (χ2v) is 3.63. The number of hydrogen-bond acceptors (Lipinski definition) is 5. The Balaban J connectivity index is 4.38. The van der Waals surface area contributed by atoms with Gasteiger partial charge in [0.2, 0.25) is 0 Å². The van der Waals surface area contributed by atoms with Gasteiger partial charge in [0.15, 0.2) is 11.9 Å². The van der Waals surface area contributed by atoms with Gasteiger partial charge in [-0.15, -0.1) is 0 Å². The van der Waals surface area contributed by atoms with E-state index in [1.165, 1.54) is 27.9 Å². The molecule has 0 aliphatic carbocycles. The van der Waals surface area contributed by atoms with Crippen molar-refractivity contribution in [1.82, 2.24) is 0 Å². The van der Waals surface area contributed by atoms with E-state index < -0.39 is 18.0 Å². The van der Waals surface area contributed by atoms with Crippen LogP contribution in [0.15, 0.2) is 0 Å². The van der Waals surface area contributed by atoms with Crippen LogP contribution in [0.2, 0.25) is 0 Å². The maximum Gasteiger partial charge on any atom is 0.317 e. The van der Waals surface area contributed by atoms with Crippen LogP contribution in [0.4, 0.5) is 0 Å². The molecule has 2 unspecified atom stereocenters. The normalized spacial score (nSPS) is 14.0. The van der Waals surface area contributed by atoms with Crippen molar-refractivity contribution in [2.45, 2.75) is 33.3 Å². The molecule has 0 aromatic heterocycles. The Morgan fingerprint density at radius 3 is 2.06 bits per heavy atom. The van der Waals surface area contributed by atoms with E-state index in [1.54, 1.807) is 0 Å². The van der Waals surface area contributed by atoms with Gasteiger partial charge in [-0.05, 0) is 27.2 Å². The molecule has 0 fully saturated rings. The number of Topliss-reactive ketones (excluding diaryl/α,β-unsaturated/α-hetero) is 2. The lowest BCUT2D eigenvalue weighted by Crippen LogP contribution is -2.31. The molecule has 16 heavy (non-hydrogen) atoms. The average Bonchev–Trinajstić information content (AvgIpc) is 2.17. The van der Waals surface area contributed by atoms with Crippen LogP contribution in [0, 0.1) is 5.92 Å². The van der Waals surface area contributed by atoms with Crippen molar-refractivity contribution in [2.75, 3.05) is 13.7 Å². The fourth-order valence-electron chi connectivity index (χ4n) is 1.06. The minimum absolute atomic E-state index is 0.248. The van der Waals surface area contributed by atoms with Crippen LogP contribution >= 0.6 is 0 Å². The van der Waals surface area contributed by atoms with Gasteiger partial charge in [-0.25, -0.2) is 0 Å². The second kappa shape index (κ2) is 7.11. The molecule has 0 rings (SSSR count). The first kappa shape index (κ1) is 14.8. The van der Waals surface area contributed by atoms with E-state index in [9.17, 15) is 14.4 Å². The van der Waals surface area contributed by atoms with E-state index in [4.69, 9.17) is 9.47 Å². The molecule has 5 heteroatoms. The van der Waals surface area contributed by atoms with Crippen molar-refractivity contribution in [3.05, 3.63) is 0 Å². The van der Waals surface area contributed by atoms with Crippen LogP contribution in [0.1, 0.15) is 27.2 Å². The van der Waals surface area contributed by atoms with Crippen molar-refractivity contribution >= 4 is 17.5 Å². The van der Waals surface area contributed by atoms with Gasteiger partial charge in [-0.3, -0.25) is 14.4 Å². The van der Waals surface area contributed by atoms with Crippen LogP contribution in [-0.4, -0.2) is 37.4 Å². The maximum absolute atomic E-state index is 11.6. The maximum atomic E-state index is 11.6. The molecule has 0 radical (unpaired) electrons. The standard InChI is InChI=1S/C11H18O5/c1-7(12)9(3)16-11(14)10(8(2)13)5-6-15-4/h9-10H,5-6H2,1-4H3. The summed E-state index contributed by atoms with van der Waals surface area (Å²) < 4.78 is 9.67.